The summed E-state index contributed by atoms with van der Waals surface area (Å²) in [5.41, 5.74) is 1.79. The molecule has 3 heterocycles. The molecule has 4 rings (SSSR count). The van der Waals surface area contributed by atoms with Gasteiger partial charge in [0.2, 0.25) is 0 Å². The van der Waals surface area contributed by atoms with Crippen LogP contribution < -0.4 is 10.3 Å². The standard InChI is InChI=1S/C18H16N4O4/c1-12-6-8-13(9-7-12)21-17(15-5-3-11-26-15)19-16(14-4-2-10-25-14)18(20-21)22(23)24/h2-11,16-17,19H,1H3/t16-,17-/m0/s1. The van der Waals surface area contributed by atoms with Gasteiger partial charge in [0.05, 0.1) is 23.3 Å². The van der Waals surface area contributed by atoms with Crippen LogP contribution in [0.15, 0.2) is 75.0 Å². The highest BCUT2D eigenvalue weighted by molar-refractivity contribution is 5.83. The van der Waals surface area contributed by atoms with Gasteiger partial charge in [0.1, 0.15) is 11.5 Å². The Hall–Kier alpha value is -3.39. The average Bonchev–Trinajstić information content (AvgIpc) is 3.35. The van der Waals surface area contributed by atoms with Gasteiger partial charge in [0.15, 0.2) is 12.2 Å². The van der Waals surface area contributed by atoms with Crippen molar-refractivity contribution in [3.63, 3.8) is 0 Å². The number of hydrazone groups is 1. The van der Waals surface area contributed by atoms with Crippen LogP contribution in [0.2, 0.25) is 0 Å². The first-order chi connectivity index (χ1) is 12.6. The number of hydrogen-bond donors (Lipinski definition) is 1. The van der Waals surface area contributed by atoms with E-state index in [1.807, 2.05) is 31.2 Å². The Kier molecular flexibility index (Phi) is 4.02. The summed E-state index contributed by atoms with van der Waals surface area (Å²) < 4.78 is 10.9. The van der Waals surface area contributed by atoms with Gasteiger partial charge >= 0.3 is 5.84 Å². The minimum absolute atomic E-state index is 0.247. The molecule has 1 aromatic carbocycles. The number of nitrogens with zero attached hydrogens (tertiary/aromatic N) is 3. The topological polar surface area (TPSA) is 97.0 Å². The molecule has 0 spiro atoms. The third kappa shape index (κ3) is 2.86. The number of rotatable bonds is 3. The zero-order valence-electron chi connectivity index (χ0n) is 13.9. The Morgan fingerprint density at radius 3 is 2.31 bits per heavy atom. The molecule has 1 N–H and O–H groups in total. The highest BCUT2D eigenvalue weighted by Crippen LogP contribution is 2.33. The largest absolute Gasteiger partial charge is 0.467 e. The van der Waals surface area contributed by atoms with Crippen molar-refractivity contribution in [2.75, 3.05) is 5.01 Å². The van der Waals surface area contributed by atoms with E-state index in [-0.39, 0.29) is 5.84 Å². The van der Waals surface area contributed by atoms with Crippen molar-refractivity contribution in [2.24, 2.45) is 5.10 Å². The van der Waals surface area contributed by atoms with Crippen LogP contribution in [-0.4, -0.2) is 10.8 Å². The monoisotopic (exact) mass is 352 g/mol. The number of hydrogen-bond acceptors (Lipinski definition) is 7. The number of furan rings is 2. The van der Waals surface area contributed by atoms with Crippen molar-refractivity contribution in [1.82, 2.24) is 5.32 Å². The van der Waals surface area contributed by atoms with Gasteiger partial charge in [-0.2, -0.15) is 0 Å². The molecule has 1 aliphatic heterocycles. The number of anilines is 1. The lowest BCUT2D eigenvalue weighted by Gasteiger charge is -2.30. The van der Waals surface area contributed by atoms with Gasteiger partial charge in [-0.05, 0) is 48.2 Å². The molecular weight excluding hydrogens is 336 g/mol. The van der Waals surface area contributed by atoms with E-state index in [2.05, 4.69) is 10.4 Å². The van der Waals surface area contributed by atoms with Crippen LogP contribution in [0.1, 0.15) is 29.3 Å². The van der Waals surface area contributed by atoms with E-state index in [1.54, 1.807) is 35.5 Å². The zero-order chi connectivity index (χ0) is 18.1. The fraction of sp³-hybridized carbons (Fsp3) is 0.167. The molecule has 26 heavy (non-hydrogen) atoms. The van der Waals surface area contributed by atoms with Gasteiger partial charge in [-0.3, -0.25) is 5.32 Å². The zero-order valence-corrected chi connectivity index (χ0v) is 13.9. The third-order valence-corrected chi connectivity index (χ3v) is 4.16. The summed E-state index contributed by atoms with van der Waals surface area (Å²) in [6.07, 6.45) is 2.51. The molecule has 0 bridgehead atoms. The van der Waals surface area contributed by atoms with Gasteiger partial charge in [-0.25, -0.2) is 0 Å². The van der Waals surface area contributed by atoms with Crippen molar-refractivity contribution in [3.05, 3.63) is 88.3 Å². The molecule has 132 valence electrons. The highest BCUT2D eigenvalue weighted by Gasteiger charge is 2.43. The van der Waals surface area contributed by atoms with Gasteiger partial charge < -0.3 is 18.9 Å². The van der Waals surface area contributed by atoms with Crippen LogP contribution in [0.5, 0.6) is 0 Å². The van der Waals surface area contributed by atoms with Gasteiger partial charge in [-0.1, -0.05) is 17.7 Å². The Labute approximate surface area is 148 Å². The Morgan fingerprint density at radius 1 is 1.08 bits per heavy atom. The van der Waals surface area contributed by atoms with E-state index in [0.717, 1.165) is 5.56 Å². The first-order valence-electron chi connectivity index (χ1n) is 8.05. The van der Waals surface area contributed by atoms with Crippen molar-refractivity contribution in [3.8, 4) is 0 Å². The summed E-state index contributed by atoms with van der Waals surface area (Å²) in [6.45, 7) is 1.97. The summed E-state index contributed by atoms with van der Waals surface area (Å²) in [4.78, 5) is 11.1. The lowest BCUT2D eigenvalue weighted by molar-refractivity contribution is -0.356. The molecule has 0 fully saturated rings. The average molecular weight is 352 g/mol. The van der Waals surface area contributed by atoms with Gasteiger partial charge in [0, 0.05) is 0 Å². The number of nitro groups is 1. The molecule has 8 heteroatoms. The Morgan fingerprint density at radius 2 is 1.73 bits per heavy atom. The lowest BCUT2D eigenvalue weighted by atomic mass is 10.1. The van der Waals surface area contributed by atoms with Crippen LogP contribution in [-0.2, 0) is 0 Å². The predicted molar refractivity (Wildman–Crippen MR) is 94.1 cm³/mol. The van der Waals surface area contributed by atoms with Crippen LogP contribution in [0, 0.1) is 17.0 Å². The van der Waals surface area contributed by atoms with E-state index in [1.165, 1.54) is 6.26 Å². The number of nitrogens with one attached hydrogen (secondary N) is 1. The van der Waals surface area contributed by atoms with Crippen molar-refractivity contribution < 1.29 is 13.8 Å². The maximum absolute atomic E-state index is 11.6. The van der Waals surface area contributed by atoms with E-state index < -0.39 is 17.1 Å². The quantitative estimate of drug-likeness (QED) is 0.571. The van der Waals surface area contributed by atoms with E-state index in [4.69, 9.17) is 8.83 Å². The van der Waals surface area contributed by atoms with E-state index >= 15 is 0 Å². The fourth-order valence-corrected chi connectivity index (χ4v) is 2.89. The minimum atomic E-state index is -0.795. The van der Waals surface area contributed by atoms with Gasteiger partial charge in [-0.15, -0.1) is 5.01 Å². The number of amidine groups is 1. The molecule has 0 unspecified atom stereocenters. The van der Waals surface area contributed by atoms with Crippen LogP contribution >= 0.6 is 0 Å². The number of benzene rings is 1. The van der Waals surface area contributed by atoms with E-state index in [9.17, 15) is 10.1 Å². The first kappa shape index (κ1) is 16.1. The van der Waals surface area contributed by atoms with Crippen molar-refractivity contribution in [2.45, 2.75) is 19.1 Å². The highest BCUT2D eigenvalue weighted by atomic mass is 16.6. The van der Waals surface area contributed by atoms with Crippen LogP contribution in [0.25, 0.3) is 0 Å². The second-order valence-electron chi connectivity index (χ2n) is 5.93. The molecule has 0 radical (unpaired) electrons. The molecule has 0 aliphatic carbocycles. The SMILES string of the molecule is Cc1ccc(N2N=C([N+](=O)[O-])[C@H](c3ccco3)N[C@@H]2c2ccco2)cc1. The maximum Gasteiger partial charge on any atom is 0.389 e. The normalized spacial score (nSPS) is 20.0. The van der Waals surface area contributed by atoms with Crippen LogP contribution in [0.3, 0.4) is 0 Å². The maximum atomic E-state index is 11.6. The summed E-state index contributed by atoms with van der Waals surface area (Å²) in [5.74, 6) is 0.761. The van der Waals surface area contributed by atoms with E-state index in [0.29, 0.717) is 17.2 Å². The second-order valence-corrected chi connectivity index (χ2v) is 5.93. The molecular formula is C18H16N4O4. The Bertz CT molecular complexity index is 917. The molecule has 2 atom stereocenters. The molecule has 0 saturated carbocycles. The van der Waals surface area contributed by atoms with Gasteiger partial charge in [0.25, 0.3) is 0 Å². The molecule has 1 aliphatic rings. The predicted octanol–water partition coefficient (Wildman–Crippen LogP) is 3.62. The van der Waals surface area contributed by atoms with Crippen LogP contribution in [0.4, 0.5) is 5.69 Å². The summed E-state index contributed by atoms with van der Waals surface area (Å²) in [6, 6.07) is 13.7. The summed E-state index contributed by atoms with van der Waals surface area (Å²) >= 11 is 0. The Balaban J connectivity index is 1.83. The van der Waals surface area contributed by atoms with Crippen molar-refractivity contribution in [1.29, 1.82) is 0 Å². The lowest BCUT2D eigenvalue weighted by Crippen LogP contribution is -2.47. The smallest absolute Gasteiger partial charge is 0.389 e. The number of aryl methyl sites for hydroxylation is 1. The second kappa shape index (κ2) is 6.49. The molecule has 0 saturated heterocycles. The molecule has 8 nitrogen and oxygen atoms in total. The molecule has 2 aromatic heterocycles. The third-order valence-electron chi connectivity index (χ3n) is 4.16. The minimum Gasteiger partial charge on any atom is -0.467 e. The first-order valence-corrected chi connectivity index (χ1v) is 8.05. The van der Waals surface area contributed by atoms with Crippen molar-refractivity contribution >= 4 is 11.5 Å². The molecule has 0 amide bonds. The molecule has 3 aromatic rings. The summed E-state index contributed by atoms with van der Waals surface area (Å²) in [7, 11) is 0. The summed E-state index contributed by atoms with van der Waals surface area (Å²) in [5, 5.41) is 20.7. The fourth-order valence-electron chi connectivity index (χ4n) is 2.89.